The molecular formula is C7H6N2OS3. The number of thioether (sulfide) groups is 1. The lowest BCUT2D eigenvalue weighted by molar-refractivity contribution is -0.114. The second kappa shape index (κ2) is 4.56. The Hall–Kier alpha value is -0.640. The third-order valence-electron chi connectivity index (χ3n) is 1.20. The molecule has 0 aromatic carbocycles. The smallest absolute Gasteiger partial charge is 0.140 e. The minimum absolute atomic E-state index is 0.0828. The summed E-state index contributed by atoms with van der Waals surface area (Å²) in [5.41, 5.74) is 0.478. The van der Waals surface area contributed by atoms with Gasteiger partial charge in [0, 0.05) is 0 Å². The van der Waals surface area contributed by atoms with Gasteiger partial charge in [-0.3, -0.25) is 4.79 Å². The SMILES string of the molecule is CC(=O)CSc1[nH]sc(=S)c1C#N. The number of carbonyl (C=O) groups excluding carboxylic acids is 1. The zero-order chi connectivity index (χ0) is 9.84. The van der Waals surface area contributed by atoms with Crippen LogP contribution >= 0.6 is 35.5 Å². The number of carbonyl (C=O) groups is 1. The van der Waals surface area contributed by atoms with Gasteiger partial charge in [0.2, 0.25) is 0 Å². The van der Waals surface area contributed by atoms with E-state index in [1.165, 1.54) is 30.2 Å². The molecule has 1 rings (SSSR count). The van der Waals surface area contributed by atoms with Crippen LogP contribution in [0.2, 0.25) is 0 Å². The fraction of sp³-hybridized carbons (Fsp3) is 0.286. The summed E-state index contributed by atoms with van der Waals surface area (Å²) >= 11 is 7.48. The molecule has 0 saturated carbocycles. The van der Waals surface area contributed by atoms with Gasteiger partial charge in [-0.05, 0) is 18.5 Å². The molecule has 0 spiro atoms. The Bertz CT molecular complexity index is 412. The molecule has 0 aliphatic rings. The quantitative estimate of drug-likeness (QED) is 0.639. The van der Waals surface area contributed by atoms with Gasteiger partial charge < -0.3 is 4.37 Å². The first-order chi connectivity index (χ1) is 6.15. The molecule has 0 saturated heterocycles. The van der Waals surface area contributed by atoms with E-state index in [1.807, 2.05) is 6.07 Å². The van der Waals surface area contributed by atoms with Crippen molar-refractivity contribution < 1.29 is 4.79 Å². The van der Waals surface area contributed by atoms with Crippen molar-refractivity contribution in [2.75, 3.05) is 5.75 Å². The van der Waals surface area contributed by atoms with Crippen LogP contribution in [0.5, 0.6) is 0 Å². The van der Waals surface area contributed by atoms with Crippen LogP contribution in [0.25, 0.3) is 0 Å². The van der Waals surface area contributed by atoms with E-state index in [0.29, 0.717) is 20.2 Å². The monoisotopic (exact) mass is 230 g/mol. The maximum atomic E-state index is 10.7. The van der Waals surface area contributed by atoms with E-state index in [4.69, 9.17) is 17.5 Å². The van der Waals surface area contributed by atoms with Crippen LogP contribution in [0, 0.1) is 15.2 Å². The van der Waals surface area contributed by atoms with Crippen LogP contribution in [0.3, 0.4) is 0 Å². The summed E-state index contributed by atoms with van der Waals surface area (Å²) < 4.78 is 3.46. The highest BCUT2D eigenvalue weighted by Crippen LogP contribution is 2.23. The van der Waals surface area contributed by atoms with Gasteiger partial charge in [0.1, 0.15) is 26.3 Å². The predicted molar refractivity (Wildman–Crippen MR) is 55.6 cm³/mol. The highest BCUT2D eigenvalue weighted by molar-refractivity contribution is 8.00. The Morgan fingerprint density at radius 1 is 1.85 bits per heavy atom. The van der Waals surface area contributed by atoms with Crippen LogP contribution in [-0.2, 0) is 4.79 Å². The largest absolute Gasteiger partial charge is 0.303 e. The number of nitrogens with one attached hydrogen (secondary N) is 1. The second-order valence-electron chi connectivity index (χ2n) is 2.30. The van der Waals surface area contributed by atoms with Crippen LogP contribution in [0.1, 0.15) is 12.5 Å². The maximum Gasteiger partial charge on any atom is 0.140 e. The maximum absolute atomic E-state index is 10.7. The van der Waals surface area contributed by atoms with Gasteiger partial charge in [0.05, 0.1) is 5.75 Å². The highest BCUT2D eigenvalue weighted by atomic mass is 32.2. The van der Waals surface area contributed by atoms with Crippen LogP contribution in [-0.4, -0.2) is 15.9 Å². The Labute approximate surface area is 88.9 Å². The molecule has 1 aromatic rings. The number of hydrogen-bond acceptors (Lipinski definition) is 5. The molecule has 0 aliphatic carbocycles. The first-order valence-electron chi connectivity index (χ1n) is 3.39. The van der Waals surface area contributed by atoms with Crippen LogP contribution in [0.4, 0.5) is 0 Å². The summed E-state index contributed by atoms with van der Waals surface area (Å²) in [5, 5.41) is 9.43. The lowest BCUT2D eigenvalue weighted by Crippen LogP contribution is -1.93. The standard InChI is InChI=1S/C7H6N2OS3/c1-4(10)3-12-6-5(2-8)7(11)13-9-6/h9H,3H2,1H3. The molecule has 3 nitrogen and oxygen atoms in total. The molecule has 68 valence electrons. The van der Waals surface area contributed by atoms with Crippen molar-refractivity contribution in [1.82, 2.24) is 4.37 Å². The summed E-state index contributed by atoms with van der Waals surface area (Å²) in [6.45, 7) is 1.51. The van der Waals surface area contributed by atoms with E-state index in [2.05, 4.69) is 4.37 Å². The number of H-pyrrole nitrogens is 1. The summed E-state index contributed by atoms with van der Waals surface area (Å²) in [4.78, 5) is 10.7. The van der Waals surface area contributed by atoms with Crippen molar-refractivity contribution in [2.45, 2.75) is 11.9 Å². The van der Waals surface area contributed by atoms with Gasteiger partial charge >= 0.3 is 0 Å². The van der Waals surface area contributed by atoms with Gasteiger partial charge in [-0.2, -0.15) is 5.26 Å². The van der Waals surface area contributed by atoms with Gasteiger partial charge in [-0.15, -0.1) is 0 Å². The number of rotatable bonds is 3. The van der Waals surface area contributed by atoms with Crippen molar-refractivity contribution >= 4 is 41.3 Å². The van der Waals surface area contributed by atoms with Crippen molar-refractivity contribution in [3.8, 4) is 6.07 Å². The third-order valence-corrected chi connectivity index (χ3v) is 3.62. The summed E-state index contributed by atoms with van der Waals surface area (Å²) in [5.74, 6) is 0.454. The van der Waals surface area contributed by atoms with E-state index >= 15 is 0 Å². The molecular weight excluding hydrogens is 224 g/mol. The zero-order valence-corrected chi connectivity index (χ0v) is 9.24. The van der Waals surface area contributed by atoms with E-state index in [9.17, 15) is 4.79 Å². The second-order valence-corrected chi connectivity index (χ2v) is 4.77. The molecule has 1 aromatic heterocycles. The fourth-order valence-electron chi connectivity index (χ4n) is 0.659. The Morgan fingerprint density at radius 3 is 3.08 bits per heavy atom. The molecule has 13 heavy (non-hydrogen) atoms. The fourth-order valence-corrected chi connectivity index (χ4v) is 2.60. The van der Waals surface area contributed by atoms with E-state index in [0.717, 1.165) is 0 Å². The number of ketones is 1. The van der Waals surface area contributed by atoms with Crippen LogP contribution < -0.4 is 0 Å². The molecule has 0 fully saturated rings. The van der Waals surface area contributed by atoms with Crippen molar-refractivity contribution in [3.63, 3.8) is 0 Å². The topological polar surface area (TPSA) is 56.6 Å². The van der Waals surface area contributed by atoms with Crippen molar-refractivity contribution in [1.29, 1.82) is 5.26 Å². The molecule has 1 N–H and O–H groups in total. The first-order valence-corrected chi connectivity index (χ1v) is 5.60. The van der Waals surface area contributed by atoms with Crippen LogP contribution in [0.15, 0.2) is 5.03 Å². The lowest BCUT2D eigenvalue weighted by atomic mass is 10.4. The molecule has 0 unspecified atom stereocenters. The molecule has 0 radical (unpaired) electrons. The van der Waals surface area contributed by atoms with Crippen molar-refractivity contribution in [2.24, 2.45) is 0 Å². The highest BCUT2D eigenvalue weighted by Gasteiger charge is 2.07. The average Bonchev–Trinajstić information content (AvgIpc) is 2.42. The number of aromatic amines is 1. The average molecular weight is 230 g/mol. The van der Waals surface area contributed by atoms with Gasteiger partial charge in [0.15, 0.2) is 0 Å². The number of nitrogens with zero attached hydrogens (tertiary/aromatic N) is 1. The minimum atomic E-state index is 0.0828. The first kappa shape index (κ1) is 10.4. The summed E-state index contributed by atoms with van der Waals surface area (Å²) in [6.07, 6.45) is 0. The summed E-state index contributed by atoms with van der Waals surface area (Å²) in [6, 6.07) is 2.01. The molecule has 0 bridgehead atoms. The molecule has 1 heterocycles. The molecule has 0 aliphatic heterocycles. The minimum Gasteiger partial charge on any atom is -0.303 e. The lowest BCUT2D eigenvalue weighted by Gasteiger charge is -1.93. The predicted octanol–water partition coefficient (Wildman–Crippen LogP) is 2.36. The van der Waals surface area contributed by atoms with E-state index in [1.54, 1.807) is 0 Å². The number of hydrogen-bond donors (Lipinski definition) is 1. The van der Waals surface area contributed by atoms with Gasteiger partial charge in [-0.25, -0.2) is 0 Å². The Morgan fingerprint density at radius 2 is 2.54 bits per heavy atom. The zero-order valence-electron chi connectivity index (χ0n) is 6.79. The van der Waals surface area contributed by atoms with Gasteiger partial charge in [-0.1, -0.05) is 24.0 Å². The molecule has 0 atom stereocenters. The molecule has 6 heteroatoms. The summed E-state index contributed by atoms with van der Waals surface area (Å²) in [7, 11) is 0. The number of nitriles is 1. The third kappa shape index (κ3) is 2.66. The van der Waals surface area contributed by atoms with Gasteiger partial charge in [0.25, 0.3) is 0 Å². The molecule has 0 amide bonds. The number of Topliss-reactive ketones (excluding diaryl/α,β-unsaturated/α-hetero) is 1. The Balaban J connectivity index is 2.84. The van der Waals surface area contributed by atoms with E-state index < -0.39 is 0 Å². The number of aromatic nitrogens is 1. The Kier molecular flexibility index (Phi) is 3.66. The van der Waals surface area contributed by atoms with Crippen molar-refractivity contribution in [3.05, 3.63) is 9.39 Å². The van der Waals surface area contributed by atoms with E-state index in [-0.39, 0.29) is 5.78 Å². The normalized spacial score (nSPS) is 9.54.